The average molecular weight is 418 g/mol. The Morgan fingerprint density at radius 2 is 1.67 bits per heavy atom. The predicted molar refractivity (Wildman–Crippen MR) is 110 cm³/mol. The van der Waals surface area contributed by atoms with Gasteiger partial charge in [0, 0.05) is 30.0 Å². The number of amides is 1. The predicted octanol–water partition coefficient (Wildman–Crippen LogP) is 4.25. The van der Waals surface area contributed by atoms with Crippen LogP contribution in [0.1, 0.15) is 23.2 Å². The minimum Gasteiger partial charge on any atom is -0.371 e. The van der Waals surface area contributed by atoms with Gasteiger partial charge in [-0.15, -0.1) is 24.8 Å². The maximum absolute atomic E-state index is 14.0. The standard InChI is InChI=1S/C19H21F2N3O.2ClH/c1-24(17-6-8-22-9-7-17)18-11-15(21)10-16(12-18)23-19(25)13-2-4-14(20)5-3-13;;/h2-5,10-12,17,22H,6-9H2,1H3,(H,23,25);2*1H. The van der Waals surface area contributed by atoms with E-state index in [2.05, 4.69) is 15.5 Å². The molecule has 0 aromatic heterocycles. The van der Waals surface area contributed by atoms with Gasteiger partial charge in [0.1, 0.15) is 11.6 Å². The first-order valence-electron chi connectivity index (χ1n) is 8.34. The van der Waals surface area contributed by atoms with Crippen molar-refractivity contribution in [3.05, 3.63) is 59.7 Å². The van der Waals surface area contributed by atoms with Crippen molar-refractivity contribution in [3.63, 3.8) is 0 Å². The molecule has 1 fully saturated rings. The van der Waals surface area contributed by atoms with Gasteiger partial charge < -0.3 is 15.5 Å². The SMILES string of the molecule is CN(c1cc(F)cc(NC(=O)c2ccc(F)cc2)c1)C1CCNCC1.Cl.Cl. The summed E-state index contributed by atoms with van der Waals surface area (Å²) in [5.74, 6) is -1.22. The number of anilines is 2. The van der Waals surface area contributed by atoms with Crippen LogP contribution in [0, 0.1) is 11.6 Å². The number of hydrogen-bond acceptors (Lipinski definition) is 3. The van der Waals surface area contributed by atoms with E-state index in [1.165, 1.54) is 36.4 Å². The molecule has 0 radical (unpaired) electrons. The molecule has 0 bridgehead atoms. The normalized spacial score (nSPS) is 13.9. The van der Waals surface area contributed by atoms with E-state index in [9.17, 15) is 13.6 Å². The number of piperidine rings is 1. The summed E-state index contributed by atoms with van der Waals surface area (Å²) >= 11 is 0. The van der Waals surface area contributed by atoms with Crippen molar-refractivity contribution < 1.29 is 13.6 Å². The van der Waals surface area contributed by atoms with Gasteiger partial charge in [-0.3, -0.25) is 4.79 Å². The molecule has 27 heavy (non-hydrogen) atoms. The van der Waals surface area contributed by atoms with Crippen molar-refractivity contribution in [2.75, 3.05) is 30.4 Å². The third kappa shape index (κ3) is 6.06. The summed E-state index contributed by atoms with van der Waals surface area (Å²) in [6, 6.07) is 10.1. The number of benzene rings is 2. The van der Waals surface area contributed by atoms with Crippen molar-refractivity contribution in [1.82, 2.24) is 5.32 Å². The molecule has 2 N–H and O–H groups in total. The first-order chi connectivity index (χ1) is 12.0. The van der Waals surface area contributed by atoms with E-state index in [-0.39, 0.29) is 24.8 Å². The van der Waals surface area contributed by atoms with Crippen LogP contribution in [0.5, 0.6) is 0 Å². The monoisotopic (exact) mass is 417 g/mol. The maximum Gasteiger partial charge on any atom is 0.255 e. The molecule has 0 spiro atoms. The third-order valence-corrected chi connectivity index (χ3v) is 4.51. The van der Waals surface area contributed by atoms with Gasteiger partial charge in [0.15, 0.2) is 0 Å². The molecule has 2 aromatic carbocycles. The van der Waals surface area contributed by atoms with Crippen molar-refractivity contribution >= 4 is 42.1 Å². The summed E-state index contributed by atoms with van der Waals surface area (Å²) in [7, 11) is 1.94. The highest BCUT2D eigenvalue weighted by Gasteiger charge is 2.19. The van der Waals surface area contributed by atoms with Crippen LogP contribution in [0.2, 0.25) is 0 Å². The summed E-state index contributed by atoms with van der Waals surface area (Å²) in [6.45, 7) is 1.89. The van der Waals surface area contributed by atoms with Crippen molar-refractivity contribution in [2.45, 2.75) is 18.9 Å². The quantitative estimate of drug-likeness (QED) is 0.781. The molecule has 0 saturated carbocycles. The Morgan fingerprint density at radius 1 is 1.04 bits per heavy atom. The minimum atomic E-state index is -0.410. The Morgan fingerprint density at radius 3 is 2.30 bits per heavy atom. The lowest BCUT2D eigenvalue weighted by molar-refractivity contribution is 0.102. The number of halogens is 4. The second-order valence-electron chi connectivity index (χ2n) is 6.25. The molecule has 1 aliphatic rings. The summed E-state index contributed by atoms with van der Waals surface area (Å²) < 4.78 is 27.0. The molecule has 1 heterocycles. The van der Waals surface area contributed by atoms with E-state index in [1.54, 1.807) is 6.07 Å². The molecule has 4 nitrogen and oxygen atoms in total. The van der Waals surface area contributed by atoms with Gasteiger partial charge in [0.05, 0.1) is 0 Å². The van der Waals surface area contributed by atoms with Gasteiger partial charge >= 0.3 is 0 Å². The number of nitrogens with zero attached hydrogens (tertiary/aromatic N) is 1. The Bertz CT molecular complexity index is 753. The largest absolute Gasteiger partial charge is 0.371 e. The zero-order valence-electron chi connectivity index (χ0n) is 14.9. The topological polar surface area (TPSA) is 44.4 Å². The van der Waals surface area contributed by atoms with Gasteiger partial charge in [-0.2, -0.15) is 0 Å². The molecule has 1 aliphatic heterocycles. The molecule has 8 heteroatoms. The van der Waals surface area contributed by atoms with Gasteiger partial charge in [0.25, 0.3) is 5.91 Å². The zero-order chi connectivity index (χ0) is 17.8. The molecular weight excluding hydrogens is 395 g/mol. The number of carbonyl (C=O) groups excluding carboxylic acids is 1. The van der Waals surface area contributed by atoms with E-state index < -0.39 is 17.5 Å². The van der Waals surface area contributed by atoms with Gasteiger partial charge in [-0.25, -0.2) is 8.78 Å². The second kappa shape index (κ2) is 10.4. The summed E-state index contributed by atoms with van der Waals surface area (Å²) in [5.41, 5.74) is 1.42. The van der Waals surface area contributed by atoms with Crippen LogP contribution in [-0.4, -0.2) is 32.1 Å². The van der Waals surface area contributed by atoms with Crippen LogP contribution >= 0.6 is 24.8 Å². The molecule has 1 amide bonds. The van der Waals surface area contributed by atoms with E-state index in [0.717, 1.165) is 31.6 Å². The smallest absolute Gasteiger partial charge is 0.255 e. The lowest BCUT2D eigenvalue weighted by Crippen LogP contribution is -2.41. The Labute approximate surface area is 170 Å². The highest BCUT2D eigenvalue weighted by atomic mass is 35.5. The van der Waals surface area contributed by atoms with Crippen LogP contribution in [-0.2, 0) is 0 Å². The molecule has 0 aliphatic carbocycles. The number of nitrogens with one attached hydrogen (secondary N) is 2. The van der Waals surface area contributed by atoms with Gasteiger partial charge in [0.2, 0.25) is 0 Å². The molecule has 148 valence electrons. The van der Waals surface area contributed by atoms with Crippen LogP contribution in [0.4, 0.5) is 20.2 Å². The fourth-order valence-corrected chi connectivity index (χ4v) is 3.06. The van der Waals surface area contributed by atoms with Gasteiger partial charge in [-0.05, 0) is 68.4 Å². The highest BCUT2D eigenvalue weighted by molar-refractivity contribution is 6.04. The Hall–Kier alpha value is -1.89. The highest BCUT2D eigenvalue weighted by Crippen LogP contribution is 2.25. The fraction of sp³-hybridized carbons (Fsp3) is 0.316. The Kier molecular flexibility index (Phi) is 8.96. The van der Waals surface area contributed by atoms with E-state index in [1.807, 2.05) is 7.05 Å². The minimum absolute atomic E-state index is 0. The summed E-state index contributed by atoms with van der Waals surface area (Å²) in [6.07, 6.45) is 1.98. The number of carbonyl (C=O) groups is 1. The van der Waals surface area contributed by atoms with Crippen molar-refractivity contribution in [3.8, 4) is 0 Å². The van der Waals surface area contributed by atoms with Crippen molar-refractivity contribution in [2.24, 2.45) is 0 Å². The first-order valence-corrected chi connectivity index (χ1v) is 8.34. The number of rotatable bonds is 4. The molecule has 1 saturated heterocycles. The van der Waals surface area contributed by atoms with Crippen LogP contribution in [0.25, 0.3) is 0 Å². The maximum atomic E-state index is 14.0. The molecular formula is C19H23Cl2F2N3O. The van der Waals surface area contributed by atoms with E-state index >= 15 is 0 Å². The summed E-state index contributed by atoms with van der Waals surface area (Å²) in [5, 5.41) is 5.98. The fourth-order valence-electron chi connectivity index (χ4n) is 3.06. The number of hydrogen-bond donors (Lipinski definition) is 2. The molecule has 2 aromatic rings. The Balaban J connectivity index is 0.00000182. The first kappa shape index (κ1) is 23.1. The molecule has 0 atom stereocenters. The zero-order valence-corrected chi connectivity index (χ0v) is 16.5. The van der Waals surface area contributed by atoms with Crippen LogP contribution in [0.15, 0.2) is 42.5 Å². The lowest BCUT2D eigenvalue weighted by atomic mass is 10.0. The average Bonchev–Trinajstić information content (AvgIpc) is 2.62. The van der Waals surface area contributed by atoms with Crippen LogP contribution < -0.4 is 15.5 Å². The van der Waals surface area contributed by atoms with E-state index in [0.29, 0.717) is 17.3 Å². The van der Waals surface area contributed by atoms with Crippen LogP contribution in [0.3, 0.4) is 0 Å². The lowest BCUT2D eigenvalue weighted by Gasteiger charge is -2.33. The second-order valence-corrected chi connectivity index (χ2v) is 6.25. The van der Waals surface area contributed by atoms with Crippen molar-refractivity contribution in [1.29, 1.82) is 0 Å². The molecule has 0 unspecified atom stereocenters. The van der Waals surface area contributed by atoms with Gasteiger partial charge in [-0.1, -0.05) is 0 Å². The molecule has 3 rings (SSSR count). The third-order valence-electron chi connectivity index (χ3n) is 4.51. The summed E-state index contributed by atoms with van der Waals surface area (Å²) in [4.78, 5) is 14.3. The van der Waals surface area contributed by atoms with E-state index in [4.69, 9.17) is 0 Å².